The summed E-state index contributed by atoms with van der Waals surface area (Å²) in [5.41, 5.74) is -2.17. The van der Waals surface area contributed by atoms with Gasteiger partial charge < -0.3 is 14.2 Å². The number of Topliss-reactive ketones (excluding diaryl/α,β-unsaturated/α-hetero) is 2. The normalized spacial score (nSPS) is 20.8. The van der Waals surface area contributed by atoms with Gasteiger partial charge in [0.1, 0.15) is 22.6 Å². The minimum absolute atomic E-state index is 0.0929. The summed E-state index contributed by atoms with van der Waals surface area (Å²) < 4.78 is 16.0. The summed E-state index contributed by atoms with van der Waals surface area (Å²) in [6.07, 6.45) is 3.18. The molecule has 0 aliphatic heterocycles. The van der Waals surface area contributed by atoms with Crippen LogP contribution in [0.5, 0.6) is 0 Å². The summed E-state index contributed by atoms with van der Waals surface area (Å²) in [4.78, 5) is 37.7. The van der Waals surface area contributed by atoms with E-state index in [9.17, 15) is 14.4 Å². The summed E-state index contributed by atoms with van der Waals surface area (Å²) in [5, 5.41) is 0. The lowest BCUT2D eigenvalue weighted by atomic mass is 9.72. The molecule has 0 saturated heterocycles. The Balaban J connectivity index is 3.04. The van der Waals surface area contributed by atoms with Crippen molar-refractivity contribution in [2.24, 2.45) is 11.3 Å². The number of methoxy groups -OCH3 is 1. The minimum atomic E-state index is -1.45. The average molecular weight is 356 g/mol. The number of esters is 1. The third-order valence-corrected chi connectivity index (χ3v) is 4.52. The van der Waals surface area contributed by atoms with E-state index in [0.29, 0.717) is 19.4 Å². The molecule has 1 aliphatic carbocycles. The van der Waals surface area contributed by atoms with Gasteiger partial charge in [0.15, 0.2) is 0 Å². The van der Waals surface area contributed by atoms with Gasteiger partial charge in [-0.25, -0.2) is 0 Å². The van der Waals surface area contributed by atoms with Crippen molar-refractivity contribution in [3.8, 4) is 0 Å². The lowest BCUT2D eigenvalue weighted by Gasteiger charge is -2.35. The largest absolute Gasteiger partial charge is 0.459 e. The van der Waals surface area contributed by atoms with Crippen LogP contribution in [0.1, 0.15) is 59.8 Å². The van der Waals surface area contributed by atoms with E-state index in [1.165, 1.54) is 6.92 Å². The second-order valence-corrected chi connectivity index (χ2v) is 7.80. The highest BCUT2D eigenvalue weighted by molar-refractivity contribution is 6.03. The molecule has 0 aromatic carbocycles. The zero-order valence-corrected chi connectivity index (χ0v) is 16.2. The zero-order chi connectivity index (χ0) is 19.1. The van der Waals surface area contributed by atoms with Crippen LogP contribution in [0.2, 0.25) is 0 Å². The molecule has 0 bridgehead atoms. The Labute approximate surface area is 150 Å². The molecule has 2 atom stereocenters. The van der Waals surface area contributed by atoms with Gasteiger partial charge in [-0.1, -0.05) is 6.42 Å². The SMILES string of the molecule is COCCOCC(CC1CCCCC1=O)(C(C)=O)C(=O)OC(C)(C)C. The summed E-state index contributed by atoms with van der Waals surface area (Å²) >= 11 is 0. The maximum atomic E-state index is 12.9. The predicted octanol–water partition coefficient (Wildman–Crippen LogP) is 2.72. The van der Waals surface area contributed by atoms with Crippen LogP contribution in [0.3, 0.4) is 0 Å². The molecule has 0 amide bonds. The number of rotatable bonds is 9. The topological polar surface area (TPSA) is 78.9 Å². The van der Waals surface area contributed by atoms with Crippen LogP contribution in [-0.2, 0) is 28.6 Å². The van der Waals surface area contributed by atoms with Crippen LogP contribution in [0, 0.1) is 11.3 Å². The fourth-order valence-electron chi connectivity index (χ4n) is 3.05. The molecule has 0 N–H and O–H groups in total. The quantitative estimate of drug-likeness (QED) is 0.359. The molecule has 0 heterocycles. The first-order valence-electron chi connectivity index (χ1n) is 8.96. The Morgan fingerprint density at radius 3 is 2.36 bits per heavy atom. The minimum Gasteiger partial charge on any atom is -0.459 e. The molecular weight excluding hydrogens is 324 g/mol. The van der Waals surface area contributed by atoms with Crippen molar-refractivity contribution in [2.45, 2.75) is 65.4 Å². The Morgan fingerprint density at radius 1 is 1.16 bits per heavy atom. The van der Waals surface area contributed by atoms with Crippen molar-refractivity contribution in [2.75, 3.05) is 26.9 Å². The molecule has 1 aliphatic rings. The highest BCUT2D eigenvalue weighted by Crippen LogP contribution is 2.36. The molecule has 25 heavy (non-hydrogen) atoms. The van der Waals surface area contributed by atoms with Crippen molar-refractivity contribution in [3.63, 3.8) is 0 Å². The maximum Gasteiger partial charge on any atom is 0.322 e. The molecule has 0 spiro atoms. The van der Waals surface area contributed by atoms with Gasteiger partial charge in [-0.05, 0) is 47.0 Å². The predicted molar refractivity (Wildman–Crippen MR) is 93.2 cm³/mol. The van der Waals surface area contributed by atoms with Crippen LogP contribution in [0.15, 0.2) is 0 Å². The van der Waals surface area contributed by atoms with Crippen LogP contribution < -0.4 is 0 Å². The van der Waals surface area contributed by atoms with E-state index in [1.807, 2.05) is 0 Å². The van der Waals surface area contributed by atoms with Gasteiger partial charge in [-0.2, -0.15) is 0 Å². The van der Waals surface area contributed by atoms with Gasteiger partial charge in [-0.3, -0.25) is 14.4 Å². The zero-order valence-electron chi connectivity index (χ0n) is 16.2. The van der Waals surface area contributed by atoms with Crippen molar-refractivity contribution in [1.82, 2.24) is 0 Å². The van der Waals surface area contributed by atoms with Crippen LogP contribution in [0.25, 0.3) is 0 Å². The molecule has 0 aromatic rings. The highest BCUT2D eigenvalue weighted by Gasteiger charge is 2.49. The van der Waals surface area contributed by atoms with Gasteiger partial charge >= 0.3 is 5.97 Å². The molecule has 2 unspecified atom stereocenters. The fourth-order valence-corrected chi connectivity index (χ4v) is 3.05. The smallest absolute Gasteiger partial charge is 0.322 e. The number of carbonyl (C=O) groups excluding carboxylic acids is 3. The third-order valence-electron chi connectivity index (χ3n) is 4.52. The van der Waals surface area contributed by atoms with Gasteiger partial charge in [0.25, 0.3) is 0 Å². The van der Waals surface area contributed by atoms with Crippen molar-refractivity contribution < 1.29 is 28.6 Å². The lowest BCUT2D eigenvalue weighted by Crippen LogP contribution is -2.48. The monoisotopic (exact) mass is 356 g/mol. The summed E-state index contributed by atoms with van der Waals surface area (Å²) in [7, 11) is 1.55. The fraction of sp³-hybridized carbons (Fsp3) is 0.842. The molecule has 6 heteroatoms. The van der Waals surface area contributed by atoms with E-state index in [0.717, 1.165) is 12.8 Å². The Kier molecular flexibility index (Phi) is 8.22. The van der Waals surface area contributed by atoms with Crippen molar-refractivity contribution >= 4 is 17.5 Å². The number of hydrogen-bond acceptors (Lipinski definition) is 6. The Hall–Kier alpha value is -1.27. The maximum absolute atomic E-state index is 12.9. The Bertz CT molecular complexity index is 479. The number of ether oxygens (including phenoxy) is 3. The van der Waals surface area contributed by atoms with Crippen LogP contribution in [-0.4, -0.2) is 50.1 Å². The van der Waals surface area contributed by atoms with Gasteiger partial charge in [0, 0.05) is 19.4 Å². The number of carbonyl (C=O) groups is 3. The molecule has 144 valence electrons. The lowest BCUT2D eigenvalue weighted by molar-refractivity contribution is -0.176. The number of hydrogen-bond donors (Lipinski definition) is 0. The van der Waals surface area contributed by atoms with Gasteiger partial charge in [0.2, 0.25) is 0 Å². The summed E-state index contributed by atoms with van der Waals surface area (Å²) in [5.74, 6) is -1.10. The first-order valence-corrected chi connectivity index (χ1v) is 8.96. The third kappa shape index (κ3) is 6.51. The van der Waals surface area contributed by atoms with Crippen LogP contribution in [0.4, 0.5) is 0 Å². The molecule has 1 fully saturated rings. The van der Waals surface area contributed by atoms with Gasteiger partial charge in [0.05, 0.1) is 19.8 Å². The summed E-state index contributed by atoms with van der Waals surface area (Å²) in [6, 6.07) is 0. The molecule has 0 aromatic heterocycles. The first-order chi connectivity index (χ1) is 11.6. The van der Waals surface area contributed by atoms with E-state index < -0.39 is 17.0 Å². The second kappa shape index (κ2) is 9.43. The van der Waals surface area contributed by atoms with Crippen molar-refractivity contribution in [3.05, 3.63) is 0 Å². The van der Waals surface area contributed by atoms with Crippen molar-refractivity contribution in [1.29, 1.82) is 0 Å². The molecule has 1 saturated carbocycles. The second-order valence-electron chi connectivity index (χ2n) is 7.80. The van der Waals surface area contributed by atoms with E-state index in [-0.39, 0.29) is 37.1 Å². The highest BCUT2D eigenvalue weighted by atomic mass is 16.6. The molecule has 1 rings (SSSR count). The van der Waals surface area contributed by atoms with E-state index in [4.69, 9.17) is 14.2 Å². The molecule has 0 radical (unpaired) electrons. The van der Waals surface area contributed by atoms with E-state index in [2.05, 4.69) is 0 Å². The van der Waals surface area contributed by atoms with Crippen LogP contribution >= 0.6 is 0 Å². The standard InChI is InChI=1S/C19H32O6/c1-14(20)19(13-24-11-10-23-5,17(22)25-18(2,3)4)12-15-8-6-7-9-16(15)21/h15H,6-13H2,1-5H3. The molecule has 6 nitrogen and oxygen atoms in total. The molecular formula is C19H32O6. The van der Waals surface area contributed by atoms with E-state index in [1.54, 1.807) is 27.9 Å². The van der Waals surface area contributed by atoms with Gasteiger partial charge in [-0.15, -0.1) is 0 Å². The van der Waals surface area contributed by atoms with E-state index >= 15 is 0 Å². The summed E-state index contributed by atoms with van der Waals surface area (Å²) in [6.45, 7) is 7.19. The Morgan fingerprint density at radius 2 is 1.84 bits per heavy atom. The number of ketones is 2. The first kappa shape index (κ1) is 21.8. The average Bonchev–Trinajstić information content (AvgIpc) is 2.50.